The van der Waals surface area contributed by atoms with Gasteiger partial charge >= 0.3 is 0 Å². The summed E-state index contributed by atoms with van der Waals surface area (Å²) < 4.78 is 5.17. The quantitative estimate of drug-likeness (QED) is 0.891. The minimum absolute atomic E-state index is 0.0463. The second-order valence-electron chi connectivity index (χ2n) is 6.21. The minimum Gasteiger partial charge on any atom is -0.378 e. The van der Waals surface area contributed by atoms with Crippen molar-refractivity contribution in [3.8, 4) is 0 Å². The number of aromatic nitrogens is 2. The van der Waals surface area contributed by atoms with E-state index in [1.54, 1.807) is 7.11 Å². The molecular weight excluding hydrogens is 226 g/mol. The Hall–Kier alpha value is -1.16. The average molecular weight is 249 g/mol. The highest BCUT2D eigenvalue weighted by Crippen LogP contribution is 2.32. The lowest BCUT2D eigenvalue weighted by molar-refractivity contribution is 0.181. The van der Waals surface area contributed by atoms with Gasteiger partial charge in [0.1, 0.15) is 11.6 Å². The van der Waals surface area contributed by atoms with Crippen LogP contribution in [-0.4, -0.2) is 23.1 Å². The zero-order valence-corrected chi connectivity index (χ0v) is 11.9. The fourth-order valence-corrected chi connectivity index (χ4v) is 1.84. The molecule has 100 valence electrons. The largest absolute Gasteiger partial charge is 0.378 e. The van der Waals surface area contributed by atoms with Crippen LogP contribution in [0.3, 0.4) is 0 Å². The predicted molar refractivity (Wildman–Crippen MR) is 72.6 cm³/mol. The van der Waals surface area contributed by atoms with Crippen LogP contribution < -0.4 is 5.32 Å². The molecule has 1 aromatic rings. The summed E-state index contributed by atoms with van der Waals surface area (Å²) >= 11 is 0. The van der Waals surface area contributed by atoms with Crippen molar-refractivity contribution in [1.82, 2.24) is 9.97 Å². The Morgan fingerprint density at radius 2 is 2.06 bits per heavy atom. The molecule has 1 fully saturated rings. The molecule has 0 radical (unpaired) electrons. The Morgan fingerprint density at radius 3 is 2.56 bits per heavy atom. The third-order valence-corrected chi connectivity index (χ3v) is 3.18. The maximum Gasteiger partial charge on any atom is 0.136 e. The van der Waals surface area contributed by atoms with Crippen molar-refractivity contribution in [3.05, 3.63) is 17.6 Å². The number of ether oxygens (including phenoxy) is 1. The number of methoxy groups -OCH3 is 1. The molecule has 2 atom stereocenters. The molecule has 4 heteroatoms. The summed E-state index contributed by atoms with van der Waals surface area (Å²) in [4.78, 5) is 9.19. The highest BCUT2D eigenvalue weighted by atomic mass is 16.5. The molecule has 0 aliphatic heterocycles. The van der Waals surface area contributed by atoms with Gasteiger partial charge in [0.05, 0.1) is 12.3 Å². The van der Waals surface area contributed by atoms with Crippen LogP contribution in [0.25, 0.3) is 0 Å². The lowest BCUT2D eigenvalue weighted by atomic mass is 9.95. The average Bonchev–Trinajstić information content (AvgIpc) is 2.93. The molecule has 0 bridgehead atoms. The zero-order valence-electron chi connectivity index (χ0n) is 11.9. The fourth-order valence-electron chi connectivity index (χ4n) is 1.84. The Morgan fingerprint density at radius 1 is 1.39 bits per heavy atom. The summed E-state index contributed by atoms with van der Waals surface area (Å²) in [6, 6.07) is 2.56. The molecule has 4 nitrogen and oxygen atoms in total. The van der Waals surface area contributed by atoms with Crippen molar-refractivity contribution in [2.24, 2.45) is 5.92 Å². The predicted octanol–water partition coefficient (Wildman–Crippen LogP) is 2.74. The highest BCUT2D eigenvalue weighted by molar-refractivity contribution is 5.39. The van der Waals surface area contributed by atoms with E-state index in [0.717, 1.165) is 23.3 Å². The van der Waals surface area contributed by atoms with E-state index in [9.17, 15) is 0 Å². The van der Waals surface area contributed by atoms with Gasteiger partial charge in [-0.3, -0.25) is 0 Å². The molecule has 1 saturated carbocycles. The summed E-state index contributed by atoms with van der Waals surface area (Å²) in [5.74, 6) is 2.55. The first-order chi connectivity index (χ1) is 8.40. The van der Waals surface area contributed by atoms with E-state index >= 15 is 0 Å². The van der Waals surface area contributed by atoms with Crippen molar-refractivity contribution in [2.45, 2.75) is 52.2 Å². The van der Waals surface area contributed by atoms with Crippen molar-refractivity contribution >= 4 is 5.82 Å². The van der Waals surface area contributed by atoms with Gasteiger partial charge in [0, 0.05) is 24.6 Å². The molecular formula is C14H23N3O. The first-order valence-electron chi connectivity index (χ1n) is 6.54. The van der Waals surface area contributed by atoms with Gasteiger partial charge < -0.3 is 10.1 Å². The van der Waals surface area contributed by atoms with E-state index < -0.39 is 0 Å². The van der Waals surface area contributed by atoms with Crippen LogP contribution in [0.15, 0.2) is 6.07 Å². The Labute approximate surface area is 109 Å². The highest BCUT2D eigenvalue weighted by Gasteiger charge is 2.33. The third kappa shape index (κ3) is 3.19. The molecule has 0 spiro atoms. The second kappa shape index (κ2) is 4.84. The number of hydrogen-bond acceptors (Lipinski definition) is 4. The maximum absolute atomic E-state index is 5.17. The summed E-state index contributed by atoms with van der Waals surface area (Å²) in [6.07, 6.45) is 1.23. The molecule has 1 aliphatic carbocycles. The molecule has 0 aromatic carbocycles. The summed E-state index contributed by atoms with van der Waals surface area (Å²) in [5, 5.41) is 3.47. The van der Waals surface area contributed by atoms with Gasteiger partial charge in [-0.15, -0.1) is 0 Å². The molecule has 2 rings (SSSR count). The lowest BCUT2D eigenvalue weighted by Gasteiger charge is -2.19. The summed E-state index contributed by atoms with van der Waals surface area (Å²) in [7, 11) is 1.69. The van der Waals surface area contributed by atoms with Gasteiger partial charge in [0.15, 0.2) is 0 Å². The fraction of sp³-hybridized carbons (Fsp3) is 0.714. The molecule has 2 unspecified atom stereocenters. The Kier molecular flexibility index (Phi) is 3.57. The van der Waals surface area contributed by atoms with Gasteiger partial charge in [-0.2, -0.15) is 0 Å². The molecule has 18 heavy (non-hydrogen) atoms. The molecule has 0 saturated heterocycles. The zero-order chi connectivity index (χ0) is 13.3. The summed E-state index contributed by atoms with van der Waals surface area (Å²) in [5.41, 5.74) is 0.892. The van der Waals surface area contributed by atoms with Crippen LogP contribution in [0.4, 0.5) is 5.82 Å². The number of anilines is 1. The lowest BCUT2D eigenvalue weighted by Crippen LogP contribution is -2.19. The van der Waals surface area contributed by atoms with E-state index in [0.29, 0.717) is 12.6 Å². The molecule has 1 N–H and O–H groups in total. The number of rotatable bonds is 4. The third-order valence-electron chi connectivity index (χ3n) is 3.18. The van der Waals surface area contributed by atoms with Crippen molar-refractivity contribution < 1.29 is 4.74 Å². The first kappa shape index (κ1) is 13.3. The van der Waals surface area contributed by atoms with Crippen molar-refractivity contribution in [1.29, 1.82) is 0 Å². The molecule has 1 heterocycles. The topological polar surface area (TPSA) is 47.0 Å². The van der Waals surface area contributed by atoms with E-state index in [1.807, 2.05) is 6.07 Å². The van der Waals surface area contributed by atoms with Crippen LogP contribution in [0, 0.1) is 5.92 Å². The Balaban J connectivity index is 2.24. The van der Waals surface area contributed by atoms with Gasteiger partial charge in [0.25, 0.3) is 0 Å². The van der Waals surface area contributed by atoms with E-state index in [4.69, 9.17) is 4.74 Å². The van der Waals surface area contributed by atoms with Crippen LogP contribution >= 0.6 is 0 Å². The second-order valence-corrected chi connectivity index (χ2v) is 6.21. The molecule has 1 aliphatic rings. The minimum atomic E-state index is -0.0463. The van der Waals surface area contributed by atoms with Gasteiger partial charge in [0.2, 0.25) is 0 Å². The van der Waals surface area contributed by atoms with Gasteiger partial charge in [-0.25, -0.2) is 9.97 Å². The van der Waals surface area contributed by atoms with Crippen molar-refractivity contribution in [2.75, 3.05) is 12.4 Å². The smallest absolute Gasteiger partial charge is 0.136 e. The van der Waals surface area contributed by atoms with Gasteiger partial charge in [-0.1, -0.05) is 27.7 Å². The molecule has 0 amide bonds. The SMILES string of the molecule is COCc1cc(NC2CC2C)nc(C(C)(C)C)n1. The first-order valence-corrected chi connectivity index (χ1v) is 6.54. The van der Waals surface area contributed by atoms with Crippen LogP contribution in [0.1, 0.15) is 45.6 Å². The monoisotopic (exact) mass is 249 g/mol. The Bertz CT molecular complexity index is 426. The van der Waals surface area contributed by atoms with Crippen molar-refractivity contribution in [3.63, 3.8) is 0 Å². The number of nitrogens with one attached hydrogen (secondary N) is 1. The van der Waals surface area contributed by atoms with Crippen LogP contribution in [0.5, 0.6) is 0 Å². The van der Waals surface area contributed by atoms with E-state index in [1.165, 1.54) is 6.42 Å². The summed E-state index contributed by atoms with van der Waals surface area (Å²) in [6.45, 7) is 9.16. The van der Waals surface area contributed by atoms with Gasteiger partial charge in [-0.05, 0) is 12.3 Å². The van der Waals surface area contributed by atoms with E-state index in [-0.39, 0.29) is 5.41 Å². The maximum atomic E-state index is 5.17. The normalized spacial score (nSPS) is 22.9. The number of nitrogens with zero attached hydrogens (tertiary/aromatic N) is 2. The standard InChI is InChI=1S/C14H23N3O/c1-9-6-11(9)16-12-7-10(8-18-5)15-13(17-12)14(2,3)4/h7,9,11H,6,8H2,1-5H3,(H,15,16,17). The molecule has 1 aromatic heterocycles. The van der Waals surface area contributed by atoms with Crippen LogP contribution in [-0.2, 0) is 16.8 Å². The number of hydrogen-bond donors (Lipinski definition) is 1. The van der Waals surface area contributed by atoms with Crippen LogP contribution in [0.2, 0.25) is 0 Å². The van der Waals surface area contributed by atoms with E-state index in [2.05, 4.69) is 43.0 Å².